The van der Waals surface area contributed by atoms with Gasteiger partial charge in [0.1, 0.15) is 5.60 Å². The van der Waals surface area contributed by atoms with Gasteiger partial charge in [-0.15, -0.1) is 0 Å². The number of hydrogen-bond donors (Lipinski definition) is 2. The Hall–Kier alpha value is -2.83. The molecule has 0 saturated carbocycles. The highest BCUT2D eigenvalue weighted by atomic mass is 16.6. The van der Waals surface area contributed by atoms with Gasteiger partial charge in [0, 0.05) is 0 Å². The molecule has 134 valence electrons. The summed E-state index contributed by atoms with van der Waals surface area (Å²) in [5.41, 5.74) is 2.49. The van der Waals surface area contributed by atoms with Crippen molar-refractivity contribution in [3.8, 4) is 0 Å². The largest absolute Gasteiger partial charge is 0.478 e. The Morgan fingerprint density at radius 1 is 1.28 bits per heavy atom. The Bertz CT molecular complexity index is 803. The van der Waals surface area contributed by atoms with Crippen LogP contribution in [0.15, 0.2) is 24.3 Å². The lowest BCUT2D eigenvalue weighted by atomic mass is 10.1. The summed E-state index contributed by atoms with van der Waals surface area (Å²) in [6, 6.07) is 6.69. The molecule has 25 heavy (non-hydrogen) atoms. The molecule has 1 aromatic carbocycles. The second-order valence-corrected chi connectivity index (χ2v) is 6.84. The van der Waals surface area contributed by atoms with Crippen molar-refractivity contribution in [2.75, 3.05) is 5.32 Å². The molecule has 0 fully saturated rings. The molecule has 0 saturated heterocycles. The second-order valence-electron chi connectivity index (χ2n) is 6.84. The van der Waals surface area contributed by atoms with E-state index in [1.807, 2.05) is 13.0 Å². The van der Waals surface area contributed by atoms with Crippen molar-refractivity contribution >= 4 is 17.7 Å². The molecule has 2 aromatic rings. The predicted molar refractivity (Wildman–Crippen MR) is 94.1 cm³/mol. The Morgan fingerprint density at radius 2 is 1.96 bits per heavy atom. The van der Waals surface area contributed by atoms with E-state index >= 15 is 0 Å². The van der Waals surface area contributed by atoms with E-state index < -0.39 is 17.7 Å². The number of amides is 1. The van der Waals surface area contributed by atoms with Crippen LogP contribution in [0.25, 0.3) is 0 Å². The lowest BCUT2D eigenvalue weighted by Crippen LogP contribution is -2.27. The number of carboxylic acids is 1. The van der Waals surface area contributed by atoms with Crippen molar-refractivity contribution in [2.24, 2.45) is 0 Å². The van der Waals surface area contributed by atoms with Gasteiger partial charge in [-0.25, -0.2) is 9.59 Å². The highest BCUT2D eigenvalue weighted by Gasteiger charge is 2.20. The summed E-state index contributed by atoms with van der Waals surface area (Å²) in [5, 5.41) is 16.2. The summed E-state index contributed by atoms with van der Waals surface area (Å²) in [7, 11) is 0. The quantitative estimate of drug-likeness (QED) is 0.883. The number of benzene rings is 1. The topological polar surface area (TPSA) is 93.5 Å². The molecule has 1 aromatic heterocycles. The highest BCUT2D eigenvalue weighted by Crippen LogP contribution is 2.22. The number of carboxylic acid groups (broad SMARTS) is 1. The van der Waals surface area contributed by atoms with Gasteiger partial charge in [-0.3, -0.25) is 10.00 Å². The molecule has 0 aliphatic rings. The van der Waals surface area contributed by atoms with Crippen molar-refractivity contribution in [1.29, 1.82) is 0 Å². The average Bonchev–Trinajstić information content (AvgIpc) is 2.73. The van der Waals surface area contributed by atoms with E-state index in [0.717, 1.165) is 11.3 Å². The number of aryl methyl sites for hydroxylation is 1. The van der Waals surface area contributed by atoms with E-state index in [-0.39, 0.29) is 5.56 Å². The minimum absolute atomic E-state index is 0.228. The number of rotatable bonds is 4. The first kappa shape index (κ1) is 18.5. The number of carbonyl (C=O) groups excluding carboxylic acids is 1. The third-order valence-electron chi connectivity index (χ3n) is 3.51. The van der Waals surface area contributed by atoms with Crippen molar-refractivity contribution in [1.82, 2.24) is 9.78 Å². The van der Waals surface area contributed by atoms with Crippen LogP contribution in [0, 0.1) is 13.8 Å². The molecular weight excluding hydrogens is 322 g/mol. The Labute approximate surface area is 146 Å². The number of aromatic carboxylic acids is 1. The second kappa shape index (κ2) is 6.96. The first-order valence-corrected chi connectivity index (χ1v) is 7.93. The summed E-state index contributed by atoms with van der Waals surface area (Å²) >= 11 is 0. The summed E-state index contributed by atoms with van der Waals surface area (Å²) < 4.78 is 6.99. The van der Waals surface area contributed by atoms with E-state index in [9.17, 15) is 9.59 Å². The van der Waals surface area contributed by atoms with Crippen LogP contribution in [-0.4, -0.2) is 32.6 Å². The predicted octanol–water partition coefficient (Wildman–Crippen LogP) is 3.59. The molecule has 1 amide bonds. The molecule has 0 radical (unpaired) electrons. The molecule has 7 nitrogen and oxygen atoms in total. The lowest BCUT2D eigenvalue weighted by molar-refractivity contribution is 0.0633. The fraction of sp³-hybridized carbons (Fsp3) is 0.389. The van der Waals surface area contributed by atoms with Crippen LogP contribution in [-0.2, 0) is 11.3 Å². The fourth-order valence-electron chi connectivity index (χ4n) is 2.41. The Kier molecular flexibility index (Phi) is 5.15. The highest BCUT2D eigenvalue weighted by molar-refractivity contribution is 5.88. The van der Waals surface area contributed by atoms with Gasteiger partial charge in [0.05, 0.1) is 29.2 Å². The normalized spacial score (nSPS) is 11.2. The smallest absolute Gasteiger partial charge is 0.412 e. The zero-order valence-corrected chi connectivity index (χ0v) is 15.1. The van der Waals surface area contributed by atoms with Crippen LogP contribution < -0.4 is 5.32 Å². The van der Waals surface area contributed by atoms with Crippen molar-refractivity contribution < 1.29 is 19.4 Å². The third-order valence-corrected chi connectivity index (χ3v) is 3.51. The van der Waals surface area contributed by atoms with Crippen LogP contribution in [0.2, 0.25) is 0 Å². The van der Waals surface area contributed by atoms with Crippen molar-refractivity contribution in [3.63, 3.8) is 0 Å². The first-order valence-electron chi connectivity index (χ1n) is 7.93. The van der Waals surface area contributed by atoms with E-state index in [1.165, 1.54) is 0 Å². The van der Waals surface area contributed by atoms with Gasteiger partial charge < -0.3 is 9.84 Å². The van der Waals surface area contributed by atoms with Crippen LogP contribution >= 0.6 is 0 Å². The van der Waals surface area contributed by atoms with Gasteiger partial charge in [0.25, 0.3) is 0 Å². The molecule has 0 aliphatic heterocycles. The lowest BCUT2D eigenvalue weighted by Gasteiger charge is -2.19. The molecule has 0 unspecified atom stereocenters. The molecule has 0 aliphatic carbocycles. The fourth-order valence-corrected chi connectivity index (χ4v) is 2.41. The van der Waals surface area contributed by atoms with Crippen LogP contribution in [0.5, 0.6) is 0 Å². The summed E-state index contributed by atoms with van der Waals surface area (Å²) in [5.74, 6) is -0.970. The number of nitrogens with one attached hydrogen (secondary N) is 1. The average molecular weight is 345 g/mol. The van der Waals surface area contributed by atoms with Crippen LogP contribution in [0.1, 0.15) is 48.1 Å². The van der Waals surface area contributed by atoms with Crippen molar-refractivity contribution in [2.45, 2.75) is 46.8 Å². The number of anilines is 1. The Morgan fingerprint density at radius 3 is 2.56 bits per heavy atom. The van der Waals surface area contributed by atoms with Gasteiger partial charge in [0.2, 0.25) is 0 Å². The van der Waals surface area contributed by atoms with Gasteiger partial charge in [-0.05, 0) is 52.3 Å². The maximum absolute atomic E-state index is 12.0. The zero-order valence-electron chi connectivity index (χ0n) is 15.1. The molecule has 1 heterocycles. The number of hydrogen-bond acceptors (Lipinski definition) is 4. The molecule has 0 spiro atoms. The van der Waals surface area contributed by atoms with Gasteiger partial charge >= 0.3 is 12.1 Å². The van der Waals surface area contributed by atoms with Gasteiger partial charge in [0.15, 0.2) is 0 Å². The summed E-state index contributed by atoms with van der Waals surface area (Å²) in [6.45, 7) is 9.43. The maximum Gasteiger partial charge on any atom is 0.412 e. The van der Waals surface area contributed by atoms with Crippen LogP contribution in [0.3, 0.4) is 0 Å². The molecular formula is C18H23N3O4. The summed E-state index contributed by atoms with van der Waals surface area (Å²) in [6.07, 6.45) is -0.536. The first-order chi connectivity index (χ1) is 11.6. The maximum atomic E-state index is 12.0. The van der Waals surface area contributed by atoms with E-state index in [4.69, 9.17) is 9.84 Å². The standard InChI is InChI=1S/C18H23N3O4/c1-11-15(19-17(24)25-18(3,4)5)12(2)21(20-11)10-13-7-6-8-14(9-13)16(22)23/h6-9H,10H2,1-5H3,(H,19,24)(H,22,23). The van der Waals surface area contributed by atoms with Crippen molar-refractivity contribution in [3.05, 3.63) is 46.8 Å². The third kappa shape index (κ3) is 4.82. The molecule has 7 heteroatoms. The number of carbonyl (C=O) groups is 2. The minimum Gasteiger partial charge on any atom is -0.478 e. The number of nitrogens with zero attached hydrogens (tertiary/aromatic N) is 2. The van der Waals surface area contributed by atoms with E-state index in [2.05, 4.69) is 10.4 Å². The molecule has 0 bridgehead atoms. The zero-order chi connectivity index (χ0) is 18.8. The molecule has 0 atom stereocenters. The number of ether oxygens (including phenoxy) is 1. The molecule has 2 N–H and O–H groups in total. The van der Waals surface area contributed by atoms with Gasteiger partial charge in [-0.2, -0.15) is 5.10 Å². The minimum atomic E-state index is -0.970. The SMILES string of the molecule is Cc1nn(Cc2cccc(C(=O)O)c2)c(C)c1NC(=O)OC(C)(C)C. The number of aromatic nitrogens is 2. The van der Waals surface area contributed by atoms with Crippen LogP contribution in [0.4, 0.5) is 10.5 Å². The monoisotopic (exact) mass is 345 g/mol. The van der Waals surface area contributed by atoms with E-state index in [0.29, 0.717) is 17.9 Å². The summed E-state index contributed by atoms with van der Waals surface area (Å²) in [4.78, 5) is 23.1. The van der Waals surface area contributed by atoms with E-state index in [1.54, 1.807) is 50.6 Å². The molecule has 2 rings (SSSR count). The Balaban J connectivity index is 2.20. The van der Waals surface area contributed by atoms with Gasteiger partial charge in [-0.1, -0.05) is 12.1 Å².